The zero-order valence-corrected chi connectivity index (χ0v) is 18.3. The number of alkyl halides is 2. The summed E-state index contributed by atoms with van der Waals surface area (Å²) in [5.41, 5.74) is 0. The second-order valence-electron chi connectivity index (χ2n) is 11.0. The van der Waals surface area contributed by atoms with Gasteiger partial charge in [-0.3, -0.25) is 0 Å². The van der Waals surface area contributed by atoms with Gasteiger partial charge in [0.1, 0.15) is 0 Å². The smallest absolute Gasteiger partial charge is 0.160 e. The van der Waals surface area contributed by atoms with Gasteiger partial charge in [0.05, 0.1) is 12.2 Å². The summed E-state index contributed by atoms with van der Waals surface area (Å²) in [7, 11) is 0. The first kappa shape index (κ1) is 22.0. The van der Waals surface area contributed by atoms with E-state index in [4.69, 9.17) is 4.74 Å². The largest absolute Gasteiger partial charge is 0.390 e. The van der Waals surface area contributed by atoms with Crippen molar-refractivity contribution in [2.24, 2.45) is 35.5 Å². The van der Waals surface area contributed by atoms with Gasteiger partial charge in [0.25, 0.3) is 0 Å². The summed E-state index contributed by atoms with van der Waals surface area (Å²) in [6, 6.07) is 0. The fraction of sp³-hybridized carbons (Fsp3) is 1.00. The minimum absolute atomic E-state index is 0.126. The Hall–Kier alpha value is -0.220. The zero-order valence-electron chi connectivity index (χ0n) is 18.3. The number of aliphatic hydroxyl groups excluding tert-OH is 1. The molecular weight excluding hydrogens is 370 g/mol. The third-order valence-corrected chi connectivity index (χ3v) is 9.13. The molecule has 0 amide bonds. The molecule has 0 bridgehead atoms. The molecule has 4 fully saturated rings. The van der Waals surface area contributed by atoms with Gasteiger partial charge < -0.3 is 9.84 Å². The summed E-state index contributed by atoms with van der Waals surface area (Å²) in [4.78, 5) is 0. The van der Waals surface area contributed by atoms with Gasteiger partial charge in [-0.1, -0.05) is 32.6 Å². The summed E-state index contributed by atoms with van der Waals surface area (Å²) >= 11 is 0. The number of hydrogen-bond acceptors (Lipinski definition) is 2. The second kappa shape index (κ2) is 9.94. The van der Waals surface area contributed by atoms with Gasteiger partial charge in [0.2, 0.25) is 0 Å². The van der Waals surface area contributed by atoms with Crippen molar-refractivity contribution in [1.29, 1.82) is 0 Å². The lowest BCUT2D eigenvalue weighted by molar-refractivity contribution is -0.131. The van der Waals surface area contributed by atoms with Crippen LogP contribution in [-0.2, 0) is 4.74 Å². The molecule has 4 heteroatoms. The van der Waals surface area contributed by atoms with Crippen molar-refractivity contribution in [2.75, 3.05) is 6.61 Å². The lowest BCUT2D eigenvalue weighted by atomic mass is 9.67. The first-order valence-electron chi connectivity index (χ1n) is 12.6. The van der Waals surface area contributed by atoms with Crippen molar-refractivity contribution in [3.05, 3.63) is 0 Å². The Kier molecular flexibility index (Phi) is 7.53. The molecule has 0 aromatic heterocycles. The highest BCUT2D eigenvalue weighted by atomic mass is 19.2. The fourth-order valence-corrected chi connectivity index (χ4v) is 7.20. The predicted molar refractivity (Wildman–Crippen MR) is 112 cm³/mol. The molecule has 0 saturated heterocycles. The summed E-state index contributed by atoms with van der Waals surface area (Å²) in [5.74, 6) is 4.22. The van der Waals surface area contributed by atoms with Crippen LogP contribution in [0.15, 0.2) is 0 Å². The molecule has 4 aliphatic rings. The van der Waals surface area contributed by atoms with Crippen LogP contribution >= 0.6 is 0 Å². The monoisotopic (exact) mass is 412 g/mol. The molecular formula is C25H42F2O2. The molecule has 0 aliphatic heterocycles. The lowest BCUT2D eigenvalue weighted by Gasteiger charge is -2.40. The van der Waals surface area contributed by atoms with Crippen LogP contribution in [0.3, 0.4) is 0 Å². The molecule has 0 aromatic rings. The van der Waals surface area contributed by atoms with Crippen molar-refractivity contribution >= 4 is 0 Å². The summed E-state index contributed by atoms with van der Waals surface area (Å²) in [5, 5.41) is 9.61. The standard InChI is InChI=1S/C25H42F2O2/c1-16-14-22(28)23(26)24(27)25(16)29-15-17-6-8-19(9-7-17)21-12-10-20(11-13-21)18-4-2-3-5-18/h16-25,28H,2-15H2,1H3. The Balaban J connectivity index is 1.16. The van der Waals surface area contributed by atoms with Crippen LogP contribution in [0.5, 0.6) is 0 Å². The van der Waals surface area contributed by atoms with Crippen molar-refractivity contribution in [1.82, 2.24) is 0 Å². The number of ether oxygens (including phenoxy) is 1. The van der Waals surface area contributed by atoms with Crippen molar-refractivity contribution in [3.63, 3.8) is 0 Å². The van der Waals surface area contributed by atoms with Crippen molar-refractivity contribution < 1.29 is 18.6 Å². The van der Waals surface area contributed by atoms with E-state index in [1.54, 1.807) is 0 Å². The maximum Gasteiger partial charge on any atom is 0.160 e. The van der Waals surface area contributed by atoms with Gasteiger partial charge >= 0.3 is 0 Å². The first-order chi connectivity index (χ1) is 14.0. The maximum atomic E-state index is 14.3. The van der Waals surface area contributed by atoms with E-state index in [9.17, 15) is 13.9 Å². The van der Waals surface area contributed by atoms with Crippen LogP contribution in [-0.4, -0.2) is 36.3 Å². The lowest BCUT2D eigenvalue weighted by Crippen LogP contribution is -2.50. The number of hydrogen-bond donors (Lipinski definition) is 1. The summed E-state index contributed by atoms with van der Waals surface area (Å²) in [6.07, 6.45) is 11.6. The molecule has 1 N–H and O–H groups in total. The highest BCUT2D eigenvalue weighted by Gasteiger charge is 2.44. The van der Waals surface area contributed by atoms with Crippen LogP contribution in [0.4, 0.5) is 8.78 Å². The molecule has 29 heavy (non-hydrogen) atoms. The second-order valence-corrected chi connectivity index (χ2v) is 11.0. The molecule has 4 aliphatic carbocycles. The number of rotatable bonds is 5. The van der Waals surface area contributed by atoms with E-state index in [2.05, 4.69) is 0 Å². The van der Waals surface area contributed by atoms with E-state index >= 15 is 0 Å². The summed E-state index contributed by atoms with van der Waals surface area (Å²) in [6.45, 7) is 2.42. The van der Waals surface area contributed by atoms with E-state index in [0.29, 0.717) is 18.9 Å². The van der Waals surface area contributed by atoms with E-state index in [1.165, 1.54) is 77.0 Å². The molecule has 0 heterocycles. The third-order valence-electron chi connectivity index (χ3n) is 9.13. The van der Waals surface area contributed by atoms with Gasteiger partial charge in [-0.15, -0.1) is 0 Å². The molecule has 4 rings (SSSR count). The fourth-order valence-electron chi connectivity index (χ4n) is 7.20. The quantitative estimate of drug-likeness (QED) is 0.578. The van der Waals surface area contributed by atoms with E-state index < -0.39 is 24.6 Å². The first-order valence-corrected chi connectivity index (χ1v) is 12.6. The Morgan fingerprint density at radius 3 is 1.76 bits per heavy atom. The van der Waals surface area contributed by atoms with Crippen LogP contribution in [0.1, 0.15) is 90.4 Å². The van der Waals surface area contributed by atoms with Crippen LogP contribution in [0.25, 0.3) is 0 Å². The third kappa shape index (κ3) is 5.17. The Bertz CT molecular complexity index is 493. The molecule has 0 spiro atoms. The Labute approximate surface area is 176 Å². The van der Waals surface area contributed by atoms with Gasteiger partial charge in [-0.25, -0.2) is 8.78 Å². The van der Waals surface area contributed by atoms with Gasteiger partial charge in [-0.05, 0) is 93.3 Å². The highest BCUT2D eigenvalue weighted by molar-refractivity contribution is 4.93. The SMILES string of the molecule is CC1CC(O)C(F)C(F)C1OCC1CCC(C2CCC(C3CCCC3)CC2)CC1. The highest BCUT2D eigenvalue weighted by Crippen LogP contribution is 2.46. The molecule has 5 atom stereocenters. The average molecular weight is 413 g/mol. The topological polar surface area (TPSA) is 29.5 Å². The maximum absolute atomic E-state index is 14.3. The van der Waals surface area contributed by atoms with Crippen LogP contribution in [0, 0.1) is 35.5 Å². The Morgan fingerprint density at radius 1 is 0.724 bits per heavy atom. The molecule has 168 valence electrons. The molecule has 0 radical (unpaired) electrons. The predicted octanol–water partition coefficient (Wildman–Crippen LogP) is 6.25. The van der Waals surface area contributed by atoms with E-state index in [-0.39, 0.29) is 5.92 Å². The summed E-state index contributed by atoms with van der Waals surface area (Å²) < 4.78 is 34.0. The number of halogens is 2. The van der Waals surface area contributed by atoms with Crippen molar-refractivity contribution in [2.45, 2.75) is 115 Å². The van der Waals surface area contributed by atoms with Crippen LogP contribution in [0.2, 0.25) is 0 Å². The minimum atomic E-state index is -1.80. The normalized spacial score (nSPS) is 47.4. The van der Waals surface area contributed by atoms with Gasteiger partial charge in [0, 0.05) is 6.61 Å². The Morgan fingerprint density at radius 2 is 1.21 bits per heavy atom. The number of aliphatic hydroxyl groups is 1. The molecule has 0 aromatic carbocycles. The average Bonchev–Trinajstić information content (AvgIpc) is 3.28. The molecule has 4 saturated carbocycles. The van der Waals surface area contributed by atoms with Gasteiger partial charge in [0.15, 0.2) is 12.3 Å². The van der Waals surface area contributed by atoms with Crippen molar-refractivity contribution in [3.8, 4) is 0 Å². The van der Waals surface area contributed by atoms with Gasteiger partial charge in [-0.2, -0.15) is 0 Å². The van der Waals surface area contributed by atoms with E-state index in [0.717, 1.165) is 23.7 Å². The van der Waals surface area contributed by atoms with E-state index in [1.807, 2.05) is 6.92 Å². The minimum Gasteiger partial charge on any atom is -0.390 e. The molecule has 5 unspecified atom stereocenters. The zero-order chi connectivity index (χ0) is 20.4. The van der Waals surface area contributed by atoms with Crippen LogP contribution < -0.4 is 0 Å². The molecule has 2 nitrogen and oxygen atoms in total.